The average Bonchev–Trinajstić information content (AvgIpc) is 2.77. The van der Waals surface area contributed by atoms with Crippen LogP contribution in [0.3, 0.4) is 0 Å². The zero-order valence-electron chi connectivity index (χ0n) is 17.2. The molecule has 2 N–H and O–H groups in total. The van der Waals surface area contributed by atoms with E-state index in [0.717, 1.165) is 0 Å². The lowest BCUT2D eigenvalue weighted by molar-refractivity contribution is 0.0534. The van der Waals surface area contributed by atoms with Crippen molar-refractivity contribution in [3.8, 4) is 17.2 Å². The minimum atomic E-state index is -0.186. The van der Waals surface area contributed by atoms with Crippen molar-refractivity contribution in [2.24, 2.45) is 0 Å². The number of carbonyl (C=O) groups excluding carboxylic acids is 2. The molecule has 0 atom stereocenters. The van der Waals surface area contributed by atoms with Gasteiger partial charge in [-0.3, -0.25) is 9.59 Å². The van der Waals surface area contributed by atoms with Gasteiger partial charge in [-0.05, 0) is 24.3 Å². The zero-order chi connectivity index (χ0) is 21.0. The summed E-state index contributed by atoms with van der Waals surface area (Å²) in [6.07, 6.45) is 0. The largest absolute Gasteiger partial charge is 0.493 e. The van der Waals surface area contributed by atoms with Crippen molar-refractivity contribution in [2.45, 2.75) is 0 Å². The van der Waals surface area contributed by atoms with Crippen LogP contribution in [0.1, 0.15) is 20.7 Å². The highest BCUT2D eigenvalue weighted by Gasteiger charge is 2.29. The standard InChI is InChI=1S/C21H25N3O5.ClH/c1-27-17-9-8-15(18(28-2)19(17)29-3)21(26)24-12-10-23(11-13-24)20(25)14-6-4-5-7-16(14)22;/h4-9H,10-13,22H2,1-3H3;1H. The van der Waals surface area contributed by atoms with Crippen molar-refractivity contribution in [1.82, 2.24) is 9.80 Å². The number of carbonyl (C=O) groups is 2. The predicted octanol–water partition coefficient (Wildman–Crippen LogP) is 2.31. The summed E-state index contributed by atoms with van der Waals surface area (Å²) in [5.41, 5.74) is 7.23. The number of methoxy groups -OCH3 is 3. The Morgan fingerprint density at radius 3 is 1.80 bits per heavy atom. The van der Waals surface area contributed by atoms with E-state index in [1.165, 1.54) is 21.3 Å². The number of halogens is 1. The quantitative estimate of drug-likeness (QED) is 0.724. The van der Waals surface area contributed by atoms with Crippen LogP contribution in [0.5, 0.6) is 17.2 Å². The van der Waals surface area contributed by atoms with Crippen molar-refractivity contribution in [1.29, 1.82) is 0 Å². The molecule has 162 valence electrons. The first-order valence-corrected chi connectivity index (χ1v) is 9.23. The van der Waals surface area contributed by atoms with Gasteiger partial charge in [0.15, 0.2) is 11.5 Å². The number of nitrogens with two attached hydrogens (primary N) is 1. The van der Waals surface area contributed by atoms with Crippen molar-refractivity contribution in [2.75, 3.05) is 53.2 Å². The maximum Gasteiger partial charge on any atom is 0.257 e. The smallest absolute Gasteiger partial charge is 0.257 e. The Morgan fingerprint density at radius 1 is 0.767 bits per heavy atom. The fourth-order valence-corrected chi connectivity index (χ4v) is 3.41. The molecule has 0 aliphatic carbocycles. The molecule has 30 heavy (non-hydrogen) atoms. The molecule has 0 saturated carbocycles. The molecule has 0 aromatic heterocycles. The molecular formula is C21H26ClN3O5. The first-order chi connectivity index (χ1) is 14.0. The predicted molar refractivity (Wildman–Crippen MR) is 116 cm³/mol. The summed E-state index contributed by atoms with van der Waals surface area (Å²) >= 11 is 0. The van der Waals surface area contributed by atoms with Crippen molar-refractivity contribution in [3.63, 3.8) is 0 Å². The minimum Gasteiger partial charge on any atom is -0.493 e. The molecule has 3 rings (SSSR count). The molecule has 0 spiro atoms. The molecule has 1 aliphatic heterocycles. The van der Waals surface area contributed by atoms with E-state index >= 15 is 0 Å². The second-order valence-corrected chi connectivity index (χ2v) is 6.55. The number of amides is 2. The van der Waals surface area contributed by atoms with Gasteiger partial charge in [-0.15, -0.1) is 12.4 Å². The minimum absolute atomic E-state index is 0. The van der Waals surface area contributed by atoms with Crippen LogP contribution in [0, 0.1) is 0 Å². The summed E-state index contributed by atoms with van der Waals surface area (Å²) in [6.45, 7) is 1.67. The molecule has 1 heterocycles. The number of nitrogens with zero attached hydrogens (tertiary/aromatic N) is 2. The molecule has 0 radical (unpaired) electrons. The average molecular weight is 436 g/mol. The molecule has 2 amide bonds. The number of benzene rings is 2. The highest BCUT2D eigenvalue weighted by atomic mass is 35.5. The van der Waals surface area contributed by atoms with Gasteiger partial charge in [0.05, 0.1) is 32.5 Å². The molecule has 2 aromatic carbocycles. The summed E-state index contributed by atoms with van der Waals surface area (Å²) in [6, 6.07) is 10.3. The van der Waals surface area contributed by atoms with Crippen molar-refractivity contribution >= 4 is 29.9 Å². The van der Waals surface area contributed by atoms with Gasteiger partial charge in [-0.25, -0.2) is 0 Å². The molecule has 2 aromatic rings. The summed E-state index contributed by atoms with van der Waals surface area (Å²) in [5, 5.41) is 0. The van der Waals surface area contributed by atoms with E-state index in [4.69, 9.17) is 19.9 Å². The summed E-state index contributed by atoms with van der Waals surface area (Å²) in [5.74, 6) is 0.867. The number of hydrogen-bond acceptors (Lipinski definition) is 6. The van der Waals surface area contributed by atoms with E-state index in [2.05, 4.69) is 0 Å². The molecule has 8 nitrogen and oxygen atoms in total. The Bertz CT molecular complexity index is 914. The Hall–Kier alpha value is -3.13. The molecule has 9 heteroatoms. The lowest BCUT2D eigenvalue weighted by atomic mass is 10.1. The molecule has 1 saturated heterocycles. The van der Waals surface area contributed by atoms with Gasteiger partial charge in [0.1, 0.15) is 0 Å². The molecular weight excluding hydrogens is 410 g/mol. The Labute approximate surface area is 181 Å². The van der Waals surface area contributed by atoms with Crippen LogP contribution in [0.4, 0.5) is 5.69 Å². The van der Waals surface area contributed by atoms with Crippen LogP contribution < -0.4 is 19.9 Å². The summed E-state index contributed by atoms with van der Waals surface area (Å²) in [4.78, 5) is 29.2. The molecule has 1 fully saturated rings. The van der Waals surface area contributed by atoms with Crippen LogP contribution >= 0.6 is 12.4 Å². The topological polar surface area (TPSA) is 94.3 Å². The highest BCUT2D eigenvalue weighted by molar-refractivity contribution is 6.00. The van der Waals surface area contributed by atoms with E-state index in [-0.39, 0.29) is 24.2 Å². The maximum atomic E-state index is 13.1. The lowest BCUT2D eigenvalue weighted by Gasteiger charge is -2.35. The number of rotatable bonds is 5. The molecule has 0 bridgehead atoms. The number of piperazine rings is 1. The Balaban J connectivity index is 0.00000320. The SMILES string of the molecule is COc1ccc(C(=O)N2CCN(C(=O)c3ccccc3N)CC2)c(OC)c1OC.Cl. The fraction of sp³-hybridized carbons (Fsp3) is 0.333. The summed E-state index contributed by atoms with van der Waals surface area (Å²) in [7, 11) is 4.50. The van der Waals surface area contributed by atoms with Gasteiger partial charge >= 0.3 is 0 Å². The number of ether oxygens (including phenoxy) is 3. The summed E-state index contributed by atoms with van der Waals surface area (Å²) < 4.78 is 16.0. The Morgan fingerprint density at radius 2 is 1.30 bits per heavy atom. The van der Waals surface area contributed by atoms with Crippen LogP contribution in [-0.2, 0) is 0 Å². The van der Waals surface area contributed by atoms with Gasteiger partial charge in [-0.1, -0.05) is 12.1 Å². The van der Waals surface area contributed by atoms with E-state index in [9.17, 15) is 9.59 Å². The van der Waals surface area contributed by atoms with Crippen LogP contribution in [0.15, 0.2) is 36.4 Å². The van der Waals surface area contributed by atoms with E-state index in [1.807, 2.05) is 0 Å². The third-order valence-electron chi connectivity index (χ3n) is 4.98. The first kappa shape index (κ1) is 23.2. The zero-order valence-corrected chi connectivity index (χ0v) is 18.0. The second kappa shape index (κ2) is 10.1. The third kappa shape index (κ3) is 4.38. The molecule has 0 unspecified atom stereocenters. The third-order valence-corrected chi connectivity index (χ3v) is 4.98. The number of hydrogen-bond donors (Lipinski definition) is 1. The van der Waals surface area contributed by atoms with Crippen LogP contribution in [-0.4, -0.2) is 69.1 Å². The van der Waals surface area contributed by atoms with Gasteiger partial charge in [0.25, 0.3) is 11.8 Å². The Kier molecular flexibility index (Phi) is 7.77. The van der Waals surface area contributed by atoms with E-state index < -0.39 is 0 Å². The number of nitrogen functional groups attached to an aromatic ring is 1. The second-order valence-electron chi connectivity index (χ2n) is 6.55. The molecule has 1 aliphatic rings. The lowest BCUT2D eigenvalue weighted by Crippen LogP contribution is -2.50. The monoisotopic (exact) mass is 435 g/mol. The number of para-hydroxylation sites is 1. The van der Waals surface area contributed by atoms with Crippen molar-refractivity contribution < 1.29 is 23.8 Å². The highest BCUT2D eigenvalue weighted by Crippen LogP contribution is 2.40. The van der Waals surface area contributed by atoms with E-state index in [0.29, 0.717) is 60.2 Å². The maximum absolute atomic E-state index is 13.1. The number of anilines is 1. The van der Waals surface area contributed by atoms with Crippen LogP contribution in [0.25, 0.3) is 0 Å². The normalized spacial score (nSPS) is 13.3. The first-order valence-electron chi connectivity index (χ1n) is 9.23. The van der Waals surface area contributed by atoms with Gasteiger partial charge in [-0.2, -0.15) is 0 Å². The van der Waals surface area contributed by atoms with E-state index in [1.54, 1.807) is 46.2 Å². The van der Waals surface area contributed by atoms with Crippen LogP contribution in [0.2, 0.25) is 0 Å². The van der Waals surface area contributed by atoms with Gasteiger partial charge in [0, 0.05) is 31.9 Å². The fourth-order valence-electron chi connectivity index (χ4n) is 3.41. The van der Waals surface area contributed by atoms with Gasteiger partial charge < -0.3 is 29.7 Å². The van der Waals surface area contributed by atoms with Crippen molar-refractivity contribution in [3.05, 3.63) is 47.5 Å². The van der Waals surface area contributed by atoms with Gasteiger partial charge in [0.2, 0.25) is 5.75 Å².